The minimum Gasteiger partial charge on any atom is -0.326 e. The van der Waals surface area contributed by atoms with Gasteiger partial charge in [-0.3, -0.25) is 4.79 Å². The highest BCUT2D eigenvalue weighted by Gasteiger charge is 2.14. The van der Waals surface area contributed by atoms with Crippen molar-refractivity contribution in [2.45, 2.75) is 33.2 Å². The Balaban J connectivity index is 2.51. The SMILES string of the molecule is CC(=O)c1ccc2c(c1)nc(C(C)C)n2CCN(C)C. The zero-order chi connectivity index (χ0) is 14.9. The van der Waals surface area contributed by atoms with Crippen molar-refractivity contribution >= 4 is 16.8 Å². The number of carbonyl (C=O) groups excluding carboxylic acids is 1. The second-order valence-corrected chi connectivity index (χ2v) is 5.84. The lowest BCUT2D eigenvalue weighted by Crippen LogP contribution is -2.19. The first-order chi connectivity index (χ1) is 9.40. The molecule has 1 aromatic carbocycles. The maximum atomic E-state index is 11.5. The predicted octanol–water partition coefficient (Wildman–Crippen LogP) is 2.92. The number of nitrogens with zero attached hydrogens (tertiary/aromatic N) is 3. The molecule has 2 rings (SSSR count). The largest absolute Gasteiger partial charge is 0.326 e. The molecule has 4 nitrogen and oxygen atoms in total. The molecule has 0 aliphatic carbocycles. The van der Waals surface area contributed by atoms with Crippen LogP contribution in [0.1, 0.15) is 42.9 Å². The monoisotopic (exact) mass is 273 g/mol. The van der Waals surface area contributed by atoms with Gasteiger partial charge in [0.25, 0.3) is 0 Å². The number of fused-ring (bicyclic) bond motifs is 1. The van der Waals surface area contributed by atoms with E-state index in [1.807, 2.05) is 18.2 Å². The van der Waals surface area contributed by atoms with Crippen LogP contribution < -0.4 is 0 Å². The van der Waals surface area contributed by atoms with Gasteiger partial charge < -0.3 is 9.47 Å². The summed E-state index contributed by atoms with van der Waals surface area (Å²) >= 11 is 0. The normalized spacial score (nSPS) is 11.8. The van der Waals surface area contributed by atoms with Crippen LogP contribution in [-0.4, -0.2) is 40.9 Å². The van der Waals surface area contributed by atoms with Crippen molar-refractivity contribution < 1.29 is 4.79 Å². The first-order valence-electron chi connectivity index (χ1n) is 7.06. The Labute approximate surface area is 120 Å². The van der Waals surface area contributed by atoms with Gasteiger partial charge in [-0.2, -0.15) is 0 Å². The van der Waals surface area contributed by atoms with Crippen molar-refractivity contribution in [3.05, 3.63) is 29.6 Å². The first kappa shape index (κ1) is 14.7. The Kier molecular flexibility index (Phi) is 4.23. The minimum atomic E-state index is 0.0841. The highest BCUT2D eigenvalue weighted by Crippen LogP contribution is 2.23. The summed E-state index contributed by atoms with van der Waals surface area (Å²) in [5.41, 5.74) is 2.76. The van der Waals surface area contributed by atoms with E-state index in [2.05, 4.69) is 37.4 Å². The molecule has 0 unspecified atom stereocenters. The average Bonchev–Trinajstić information content (AvgIpc) is 2.73. The third kappa shape index (κ3) is 2.90. The van der Waals surface area contributed by atoms with E-state index in [9.17, 15) is 4.79 Å². The lowest BCUT2D eigenvalue weighted by Gasteiger charge is -2.14. The number of ketones is 1. The molecule has 1 aromatic heterocycles. The van der Waals surface area contributed by atoms with E-state index < -0.39 is 0 Å². The molecule has 0 N–H and O–H groups in total. The molecular weight excluding hydrogens is 250 g/mol. The average molecular weight is 273 g/mol. The molecule has 4 heteroatoms. The third-order valence-corrected chi connectivity index (χ3v) is 3.47. The number of carbonyl (C=O) groups is 1. The molecule has 0 radical (unpaired) electrons. The van der Waals surface area contributed by atoms with Gasteiger partial charge in [-0.25, -0.2) is 4.98 Å². The first-order valence-corrected chi connectivity index (χ1v) is 7.06. The van der Waals surface area contributed by atoms with Crippen LogP contribution in [0.5, 0.6) is 0 Å². The molecule has 0 aliphatic heterocycles. The maximum Gasteiger partial charge on any atom is 0.159 e. The van der Waals surface area contributed by atoms with Crippen LogP contribution in [0.2, 0.25) is 0 Å². The zero-order valence-electron chi connectivity index (χ0n) is 13.0. The zero-order valence-corrected chi connectivity index (χ0v) is 13.0. The van der Waals surface area contributed by atoms with Gasteiger partial charge in [0.15, 0.2) is 5.78 Å². The number of rotatable bonds is 5. The number of benzene rings is 1. The number of imidazole rings is 1. The Morgan fingerprint density at radius 3 is 2.60 bits per heavy atom. The van der Waals surface area contributed by atoms with Crippen LogP contribution in [0.4, 0.5) is 0 Å². The second-order valence-electron chi connectivity index (χ2n) is 5.84. The van der Waals surface area contributed by atoms with Crippen LogP contribution in [0.25, 0.3) is 11.0 Å². The van der Waals surface area contributed by atoms with Crippen LogP contribution in [0, 0.1) is 0 Å². The van der Waals surface area contributed by atoms with Crippen LogP contribution in [0.3, 0.4) is 0 Å². The molecule has 0 bridgehead atoms. The fourth-order valence-electron chi connectivity index (χ4n) is 2.34. The summed E-state index contributed by atoms with van der Waals surface area (Å²) in [6, 6.07) is 5.80. The highest BCUT2D eigenvalue weighted by atomic mass is 16.1. The molecule has 0 saturated carbocycles. The summed E-state index contributed by atoms with van der Waals surface area (Å²) < 4.78 is 2.27. The quantitative estimate of drug-likeness (QED) is 0.786. The number of hydrogen-bond acceptors (Lipinski definition) is 3. The fourth-order valence-corrected chi connectivity index (χ4v) is 2.34. The number of aromatic nitrogens is 2. The van der Waals surface area contributed by atoms with Crippen LogP contribution in [0.15, 0.2) is 18.2 Å². The molecule has 108 valence electrons. The predicted molar refractivity (Wildman–Crippen MR) is 82.4 cm³/mol. The summed E-state index contributed by atoms with van der Waals surface area (Å²) in [5.74, 6) is 1.54. The molecule has 2 aromatic rings. The molecule has 1 heterocycles. The van der Waals surface area contributed by atoms with E-state index in [-0.39, 0.29) is 5.78 Å². The summed E-state index contributed by atoms with van der Waals surface area (Å²) in [7, 11) is 4.14. The van der Waals surface area contributed by atoms with E-state index in [0.29, 0.717) is 5.92 Å². The number of hydrogen-bond donors (Lipinski definition) is 0. The standard InChI is InChI=1S/C16H23N3O/c1-11(2)16-17-14-10-13(12(3)20)6-7-15(14)19(16)9-8-18(4)5/h6-7,10-11H,8-9H2,1-5H3. The van der Waals surface area contributed by atoms with Crippen molar-refractivity contribution in [1.29, 1.82) is 0 Å². The lowest BCUT2D eigenvalue weighted by atomic mass is 10.1. The van der Waals surface area contributed by atoms with Crippen molar-refractivity contribution in [2.75, 3.05) is 20.6 Å². The number of Topliss-reactive ketones (excluding diaryl/α,β-unsaturated/α-hetero) is 1. The fraction of sp³-hybridized carbons (Fsp3) is 0.500. The van der Waals surface area contributed by atoms with Gasteiger partial charge in [-0.1, -0.05) is 13.8 Å². The van der Waals surface area contributed by atoms with Gasteiger partial charge in [0.2, 0.25) is 0 Å². The summed E-state index contributed by atoms with van der Waals surface area (Å²) in [6.07, 6.45) is 0. The van der Waals surface area contributed by atoms with Crippen molar-refractivity contribution in [3.63, 3.8) is 0 Å². The number of likely N-dealkylation sites (N-methyl/N-ethyl adjacent to an activating group) is 1. The van der Waals surface area contributed by atoms with Crippen LogP contribution >= 0.6 is 0 Å². The molecule has 0 amide bonds. The van der Waals surface area contributed by atoms with E-state index in [4.69, 9.17) is 4.98 Å². The van der Waals surface area contributed by atoms with Crippen molar-refractivity contribution in [1.82, 2.24) is 14.5 Å². The Hall–Kier alpha value is -1.68. The van der Waals surface area contributed by atoms with E-state index in [0.717, 1.165) is 35.5 Å². The summed E-state index contributed by atoms with van der Waals surface area (Å²) in [5, 5.41) is 0. The smallest absolute Gasteiger partial charge is 0.159 e. The molecule has 20 heavy (non-hydrogen) atoms. The highest BCUT2D eigenvalue weighted by molar-refractivity contribution is 5.97. The van der Waals surface area contributed by atoms with Crippen LogP contribution in [-0.2, 0) is 6.54 Å². The molecule has 0 aliphatic rings. The van der Waals surface area contributed by atoms with Gasteiger partial charge in [-0.15, -0.1) is 0 Å². The van der Waals surface area contributed by atoms with Gasteiger partial charge in [-0.05, 0) is 39.2 Å². The Morgan fingerprint density at radius 2 is 2.05 bits per heavy atom. The summed E-state index contributed by atoms with van der Waals surface area (Å²) in [4.78, 5) is 18.4. The Morgan fingerprint density at radius 1 is 1.35 bits per heavy atom. The third-order valence-electron chi connectivity index (χ3n) is 3.47. The molecule has 0 saturated heterocycles. The topological polar surface area (TPSA) is 38.1 Å². The van der Waals surface area contributed by atoms with Gasteiger partial charge >= 0.3 is 0 Å². The molecule has 0 fully saturated rings. The van der Waals surface area contributed by atoms with Gasteiger partial charge in [0.1, 0.15) is 5.82 Å². The Bertz CT molecular complexity index is 626. The van der Waals surface area contributed by atoms with E-state index in [1.54, 1.807) is 6.92 Å². The van der Waals surface area contributed by atoms with Gasteiger partial charge in [0.05, 0.1) is 11.0 Å². The maximum absolute atomic E-state index is 11.5. The minimum absolute atomic E-state index is 0.0841. The second kappa shape index (κ2) is 5.75. The summed E-state index contributed by atoms with van der Waals surface area (Å²) in [6.45, 7) is 7.78. The molecule has 0 atom stereocenters. The van der Waals surface area contributed by atoms with E-state index in [1.165, 1.54) is 0 Å². The van der Waals surface area contributed by atoms with E-state index >= 15 is 0 Å². The molecule has 0 spiro atoms. The van der Waals surface area contributed by atoms with Crippen molar-refractivity contribution in [2.24, 2.45) is 0 Å². The molecular formula is C16H23N3O. The van der Waals surface area contributed by atoms with Gasteiger partial charge in [0, 0.05) is 24.6 Å². The van der Waals surface area contributed by atoms with Crippen molar-refractivity contribution in [3.8, 4) is 0 Å². The lowest BCUT2D eigenvalue weighted by molar-refractivity contribution is 0.101.